The van der Waals surface area contributed by atoms with Gasteiger partial charge in [0.05, 0.1) is 0 Å². The summed E-state index contributed by atoms with van der Waals surface area (Å²) in [6.07, 6.45) is 4.26. The molecule has 0 aliphatic carbocycles. The summed E-state index contributed by atoms with van der Waals surface area (Å²) in [6.45, 7) is 2.37. The van der Waals surface area contributed by atoms with Gasteiger partial charge in [0.2, 0.25) is 0 Å². The maximum absolute atomic E-state index is 4.11. The molecular weight excluding hydrogens is 254 g/mol. The number of piperidine rings is 1. The van der Waals surface area contributed by atoms with Crippen molar-refractivity contribution in [3.8, 4) is 0 Å². The van der Waals surface area contributed by atoms with Crippen LogP contribution in [0.3, 0.4) is 0 Å². The van der Waals surface area contributed by atoms with E-state index in [0.29, 0.717) is 6.04 Å². The number of hydrogen-bond donors (Lipinski definition) is 1. The maximum atomic E-state index is 4.11. The third-order valence-corrected chi connectivity index (χ3v) is 3.25. The fourth-order valence-electron chi connectivity index (χ4n) is 1.88. The summed E-state index contributed by atoms with van der Waals surface area (Å²) in [4.78, 5) is 6.49. The van der Waals surface area contributed by atoms with Crippen LogP contribution in [0.1, 0.15) is 12.8 Å². The average Bonchev–Trinajstić information content (AvgIpc) is 2.22. The van der Waals surface area contributed by atoms with Gasteiger partial charge >= 0.3 is 0 Å². The lowest BCUT2D eigenvalue weighted by atomic mass is 10.1. The molecule has 0 bridgehead atoms. The third-order valence-electron chi connectivity index (χ3n) is 2.82. The summed E-state index contributed by atoms with van der Waals surface area (Å²) >= 11 is 3.38. The second kappa shape index (κ2) is 4.94. The smallest absolute Gasteiger partial charge is 0.108 e. The molecule has 3 nitrogen and oxygen atoms in total. The molecule has 0 atom stereocenters. The lowest BCUT2D eigenvalue weighted by molar-refractivity contribution is 0.264. The predicted octanol–water partition coefficient (Wildman–Crippen LogP) is 2.35. The lowest BCUT2D eigenvalue weighted by Crippen LogP contribution is -2.36. The quantitative estimate of drug-likeness (QED) is 0.836. The Kier molecular flexibility index (Phi) is 3.59. The molecule has 1 N–H and O–H groups in total. The van der Waals surface area contributed by atoms with E-state index < -0.39 is 0 Å². The highest BCUT2D eigenvalue weighted by Gasteiger charge is 2.15. The lowest BCUT2D eigenvalue weighted by Gasteiger charge is -2.30. The van der Waals surface area contributed by atoms with Crippen molar-refractivity contribution in [3.63, 3.8) is 0 Å². The van der Waals surface area contributed by atoms with Gasteiger partial charge in [-0.2, -0.15) is 0 Å². The van der Waals surface area contributed by atoms with Gasteiger partial charge in [0.25, 0.3) is 0 Å². The fraction of sp³-hybridized carbons (Fsp3) is 0.545. The highest BCUT2D eigenvalue weighted by Crippen LogP contribution is 2.17. The number of pyridine rings is 1. The zero-order chi connectivity index (χ0) is 10.7. The second-order valence-electron chi connectivity index (χ2n) is 4.09. The van der Waals surface area contributed by atoms with Crippen LogP contribution >= 0.6 is 15.9 Å². The first-order valence-electron chi connectivity index (χ1n) is 5.30. The van der Waals surface area contributed by atoms with Crippen LogP contribution in [-0.2, 0) is 0 Å². The minimum Gasteiger partial charge on any atom is -0.382 e. The molecule has 0 aromatic carbocycles. The average molecular weight is 270 g/mol. The summed E-state index contributed by atoms with van der Waals surface area (Å²) in [5.74, 6) is 0. The van der Waals surface area contributed by atoms with Crippen LogP contribution in [0.2, 0.25) is 0 Å². The summed E-state index contributed by atoms with van der Waals surface area (Å²) in [6, 6.07) is 4.65. The maximum Gasteiger partial charge on any atom is 0.108 e. The fourth-order valence-corrected chi connectivity index (χ4v) is 2.25. The molecule has 0 spiro atoms. The van der Waals surface area contributed by atoms with Gasteiger partial charge < -0.3 is 10.2 Å². The molecule has 1 aliphatic heterocycles. The molecule has 0 amide bonds. The van der Waals surface area contributed by atoms with Crippen molar-refractivity contribution in [3.05, 3.63) is 22.9 Å². The molecule has 1 aromatic rings. The summed E-state index contributed by atoms with van der Waals surface area (Å²) in [5, 5.41) is 3.55. The number of aromatic nitrogens is 1. The zero-order valence-corrected chi connectivity index (χ0v) is 10.5. The van der Waals surface area contributed by atoms with E-state index in [9.17, 15) is 0 Å². The van der Waals surface area contributed by atoms with Gasteiger partial charge in [-0.15, -0.1) is 0 Å². The Bertz CT molecular complexity index is 321. The standard InChI is InChI=1S/C11H16BrN3/c1-15-6-3-9(4-7-15)14-10-2-5-13-11(12)8-10/h2,5,8-9H,3-4,6-7H2,1H3,(H,13,14). The van der Waals surface area contributed by atoms with Gasteiger partial charge in [0, 0.05) is 17.9 Å². The van der Waals surface area contributed by atoms with Crippen molar-refractivity contribution in [2.45, 2.75) is 18.9 Å². The summed E-state index contributed by atoms with van der Waals surface area (Å²) < 4.78 is 0.889. The van der Waals surface area contributed by atoms with Crippen molar-refractivity contribution in [1.82, 2.24) is 9.88 Å². The van der Waals surface area contributed by atoms with Gasteiger partial charge in [-0.1, -0.05) is 0 Å². The summed E-state index contributed by atoms with van der Waals surface area (Å²) in [5.41, 5.74) is 1.16. The van der Waals surface area contributed by atoms with E-state index in [-0.39, 0.29) is 0 Å². The van der Waals surface area contributed by atoms with Crippen LogP contribution in [0.5, 0.6) is 0 Å². The van der Waals surface area contributed by atoms with E-state index >= 15 is 0 Å². The Balaban J connectivity index is 1.92. The van der Waals surface area contributed by atoms with Crippen molar-refractivity contribution in [2.24, 2.45) is 0 Å². The minimum atomic E-state index is 0.607. The van der Waals surface area contributed by atoms with E-state index in [1.54, 1.807) is 0 Å². The van der Waals surface area contributed by atoms with E-state index in [1.165, 1.54) is 25.9 Å². The monoisotopic (exact) mass is 269 g/mol. The highest BCUT2D eigenvalue weighted by molar-refractivity contribution is 9.10. The van der Waals surface area contributed by atoms with Gasteiger partial charge in [0.15, 0.2) is 0 Å². The Hall–Kier alpha value is -0.610. The molecule has 1 aromatic heterocycles. The molecule has 0 saturated carbocycles. The number of nitrogens with one attached hydrogen (secondary N) is 1. The molecule has 15 heavy (non-hydrogen) atoms. The van der Waals surface area contributed by atoms with E-state index in [4.69, 9.17) is 0 Å². The Morgan fingerprint density at radius 2 is 2.20 bits per heavy atom. The number of likely N-dealkylation sites (tertiary alicyclic amines) is 1. The molecule has 2 heterocycles. The van der Waals surface area contributed by atoms with Crippen molar-refractivity contribution < 1.29 is 0 Å². The largest absolute Gasteiger partial charge is 0.382 e. The van der Waals surface area contributed by atoms with Crippen molar-refractivity contribution in [2.75, 3.05) is 25.5 Å². The Morgan fingerprint density at radius 3 is 2.87 bits per heavy atom. The number of nitrogens with zero attached hydrogens (tertiary/aromatic N) is 2. The van der Waals surface area contributed by atoms with Gasteiger partial charge in [-0.3, -0.25) is 0 Å². The Morgan fingerprint density at radius 1 is 1.47 bits per heavy atom. The summed E-state index contributed by atoms with van der Waals surface area (Å²) in [7, 11) is 2.18. The van der Waals surface area contributed by atoms with Crippen molar-refractivity contribution >= 4 is 21.6 Å². The first kappa shape index (κ1) is 10.9. The van der Waals surface area contributed by atoms with E-state index in [0.717, 1.165) is 10.3 Å². The van der Waals surface area contributed by atoms with Crippen LogP contribution in [0.25, 0.3) is 0 Å². The topological polar surface area (TPSA) is 28.2 Å². The van der Waals surface area contributed by atoms with Gasteiger partial charge in [-0.05, 0) is 61.0 Å². The minimum absolute atomic E-state index is 0.607. The molecular formula is C11H16BrN3. The van der Waals surface area contributed by atoms with E-state index in [1.807, 2.05) is 18.3 Å². The molecule has 2 rings (SSSR count). The molecule has 1 aliphatic rings. The number of halogens is 1. The van der Waals surface area contributed by atoms with Crippen LogP contribution in [0, 0.1) is 0 Å². The predicted molar refractivity (Wildman–Crippen MR) is 66.1 cm³/mol. The van der Waals surface area contributed by atoms with E-state index in [2.05, 4.69) is 38.2 Å². The number of anilines is 1. The molecule has 1 fully saturated rings. The molecule has 0 unspecified atom stereocenters. The molecule has 1 saturated heterocycles. The van der Waals surface area contributed by atoms with Crippen LogP contribution in [-0.4, -0.2) is 36.1 Å². The number of rotatable bonds is 2. The number of hydrogen-bond acceptors (Lipinski definition) is 3. The Labute approximate surface area is 99.0 Å². The molecule has 0 radical (unpaired) electrons. The normalized spacial score (nSPS) is 19.1. The van der Waals surface area contributed by atoms with Crippen LogP contribution in [0.4, 0.5) is 5.69 Å². The van der Waals surface area contributed by atoms with Crippen molar-refractivity contribution in [1.29, 1.82) is 0 Å². The van der Waals surface area contributed by atoms with Crippen LogP contribution in [0.15, 0.2) is 22.9 Å². The molecule has 82 valence electrons. The first-order valence-corrected chi connectivity index (χ1v) is 6.10. The first-order chi connectivity index (χ1) is 7.24. The van der Waals surface area contributed by atoms with Crippen LogP contribution < -0.4 is 5.32 Å². The molecule has 4 heteroatoms. The highest BCUT2D eigenvalue weighted by atomic mass is 79.9. The third kappa shape index (κ3) is 3.18. The zero-order valence-electron chi connectivity index (χ0n) is 8.91. The second-order valence-corrected chi connectivity index (χ2v) is 4.90. The van der Waals surface area contributed by atoms with Gasteiger partial charge in [-0.25, -0.2) is 4.98 Å². The SMILES string of the molecule is CN1CCC(Nc2ccnc(Br)c2)CC1. The van der Waals surface area contributed by atoms with Gasteiger partial charge in [0.1, 0.15) is 4.60 Å².